The molecule has 0 atom stereocenters. The summed E-state index contributed by atoms with van der Waals surface area (Å²) in [7, 11) is 0. The summed E-state index contributed by atoms with van der Waals surface area (Å²) in [5.41, 5.74) is 0.568. The van der Waals surface area contributed by atoms with Gasteiger partial charge in [0.25, 0.3) is 5.56 Å². The van der Waals surface area contributed by atoms with Gasteiger partial charge in [-0.05, 0) is 44.9 Å². The number of carbonyl (C=O) groups excluding carboxylic acids is 3. The number of esters is 2. The zero-order chi connectivity index (χ0) is 20.6. The van der Waals surface area contributed by atoms with E-state index in [1.807, 2.05) is 0 Å². The van der Waals surface area contributed by atoms with Crippen LogP contribution in [0.2, 0.25) is 0 Å². The molecule has 8 nitrogen and oxygen atoms in total. The zero-order valence-electron chi connectivity index (χ0n) is 16.3. The van der Waals surface area contributed by atoms with Gasteiger partial charge in [-0.2, -0.15) is 0 Å². The van der Waals surface area contributed by atoms with Gasteiger partial charge in [0.2, 0.25) is 0 Å². The maximum atomic E-state index is 13.0. The third-order valence-electron chi connectivity index (χ3n) is 4.52. The number of fused-ring (bicyclic) bond motifs is 2. The number of ketones is 1. The van der Waals surface area contributed by atoms with E-state index in [0.717, 1.165) is 5.56 Å². The van der Waals surface area contributed by atoms with Crippen molar-refractivity contribution in [1.82, 2.24) is 9.55 Å². The Morgan fingerprint density at radius 3 is 2.50 bits per heavy atom. The number of hydrogen-bond donors (Lipinski definition) is 0. The Labute approximate surface area is 161 Å². The Bertz CT molecular complexity index is 1050. The molecule has 0 radical (unpaired) electrons. The van der Waals surface area contributed by atoms with E-state index >= 15 is 0 Å². The predicted molar refractivity (Wildman–Crippen MR) is 99.7 cm³/mol. The summed E-state index contributed by atoms with van der Waals surface area (Å²) in [4.78, 5) is 52.7. The molecule has 0 aliphatic heterocycles. The fourth-order valence-corrected chi connectivity index (χ4v) is 2.96. The molecule has 0 amide bonds. The average Bonchev–Trinajstić information content (AvgIpc) is 2.97. The molecular weight excluding hydrogens is 364 g/mol. The van der Waals surface area contributed by atoms with Crippen LogP contribution in [-0.4, -0.2) is 27.3 Å². The second kappa shape index (κ2) is 7.18. The summed E-state index contributed by atoms with van der Waals surface area (Å²) < 4.78 is 11.4. The lowest BCUT2D eigenvalue weighted by atomic mass is 9.98. The summed E-state index contributed by atoms with van der Waals surface area (Å²) >= 11 is 0. The fraction of sp³-hybridized carbons (Fsp3) is 0.450. The third-order valence-corrected chi connectivity index (χ3v) is 4.52. The average molecular weight is 386 g/mol. The molecule has 0 spiro atoms. The number of aryl methyl sites for hydroxylation is 1. The molecule has 0 bridgehead atoms. The number of benzene rings is 1. The van der Waals surface area contributed by atoms with Crippen LogP contribution in [-0.2, 0) is 38.8 Å². The molecule has 0 fully saturated rings. The smallest absolute Gasteiger partial charge is 0.312 e. The number of rotatable bonds is 4. The van der Waals surface area contributed by atoms with Crippen molar-refractivity contribution < 1.29 is 23.9 Å². The Kier molecular flexibility index (Phi) is 5.06. The van der Waals surface area contributed by atoms with Gasteiger partial charge in [-0.25, -0.2) is 4.98 Å². The molecule has 0 saturated carbocycles. The Morgan fingerprint density at radius 2 is 1.86 bits per heavy atom. The first-order chi connectivity index (χ1) is 13.1. The van der Waals surface area contributed by atoms with Crippen LogP contribution in [0, 0.1) is 5.41 Å². The first-order valence-electron chi connectivity index (χ1n) is 8.98. The molecule has 1 aromatic heterocycles. The normalized spacial score (nSPS) is 13.5. The monoisotopic (exact) mass is 386 g/mol. The predicted octanol–water partition coefficient (Wildman–Crippen LogP) is 2.14. The maximum Gasteiger partial charge on any atom is 0.312 e. The van der Waals surface area contributed by atoms with Crippen LogP contribution in [0.25, 0.3) is 10.9 Å². The Morgan fingerprint density at radius 1 is 1.14 bits per heavy atom. The maximum absolute atomic E-state index is 13.0. The van der Waals surface area contributed by atoms with E-state index in [4.69, 9.17) is 9.47 Å². The minimum Gasteiger partial charge on any atom is -0.458 e. The molecule has 1 heterocycles. The van der Waals surface area contributed by atoms with E-state index in [9.17, 15) is 19.2 Å². The fourth-order valence-electron chi connectivity index (χ4n) is 2.96. The molecule has 2 aromatic rings. The van der Waals surface area contributed by atoms with E-state index in [1.54, 1.807) is 32.9 Å². The first kappa shape index (κ1) is 19.7. The van der Waals surface area contributed by atoms with Gasteiger partial charge in [-0.1, -0.05) is 0 Å². The summed E-state index contributed by atoms with van der Waals surface area (Å²) in [6.07, 6.45) is 0.987. The van der Waals surface area contributed by atoms with Crippen molar-refractivity contribution in [3.05, 3.63) is 39.4 Å². The summed E-state index contributed by atoms with van der Waals surface area (Å²) in [6.45, 7) is 5.77. The lowest BCUT2D eigenvalue weighted by Crippen LogP contribution is -2.31. The standard InChI is InChI=1S/C20H22N2O6/c1-11(23)27-9-17-21-15-8-13-12(5-6-16(13)24)7-14(15)18(25)22(17)10-28-19(26)20(2,3)4/h7-8H,5-6,9-10H2,1-4H3. The molecule has 0 N–H and O–H groups in total. The highest BCUT2D eigenvalue weighted by Crippen LogP contribution is 2.25. The zero-order valence-corrected chi connectivity index (χ0v) is 16.3. The number of carbonyl (C=O) groups is 3. The minimum atomic E-state index is -0.731. The largest absolute Gasteiger partial charge is 0.458 e. The van der Waals surface area contributed by atoms with Crippen LogP contribution in [0.3, 0.4) is 0 Å². The van der Waals surface area contributed by atoms with Crippen LogP contribution in [0.4, 0.5) is 0 Å². The quantitative estimate of drug-likeness (QED) is 0.741. The van der Waals surface area contributed by atoms with Gasteiger partial charge in [0, 0.05) is 18.9 Å². The summed E-state index contributed by atoms with van der Waals surface area (Å²) in [6, 6.07) is 3.27. The lowest BCUT2D eigenvalue weighted by Gasteiger charge is -2.19. The third kappa shape index (κ3) is 3.81. The van der Waals surface area contributed by atoms with Crippen molar-refractivity contribution in [2.45, 2.75) is 53.9 Å². The molecule has 3 rings (SSSR count). The van der Waals surface area contributed by atoms with E-state index < -0.39 is 22.9 Å². The van der Waals surface area contributed by atoms with Crippen molar-refractivity contribution in [3.8, 4) is 0 Å². The van der Waals surface area contributed by atoms with E-state index in [2.05, 4.69) is 4.98 Å². The topological polar surface area (TPSA) is 105 Å². The molecule has 8 heteroatoms. The van der Waals surface area contributed by atoms with Crippen molar-refractivity contribution in [1.29, 1.82) is 0 Å². The van der Waals surface area contributed by atoms with Gasteiger partial charge in [-0.3, -0.25) is 23.7 Å². The lowest BCUT2D eigenvalue weighted by molar-refractivity contribution is -0.157. The molecule has 28 heavy (non-hydrogen) atoms. The van der Waals surface area contributed by atoms with Gasteiger partial charge in [0.15, 0.2) is 18.3 Å². The highest BCUT2D eigenvalue weighted by molar-refractivity contribution is 6.03. The van der Waals surface area contributed by atoms with Crippen LogP contribution < -0.4 is 5.56 Å². The SMILES string of the molecule is CC(=O)OCc1nc2cc3c(cc2c(=O)n1COC(=O)C(C)(C)C)CCC3=O. The van der Waals surface area contributed by atoms with Crippen LogP contribution in [0.5, 0.6) is 0 Å². The molecular formula is C20H22N2O6. The van der Waals surface area contributed by atoms with Crippen molar-refractivity contribution in [3.63, 3.8) is 0 Å². The van der Waals surface area contributed by atoms with E-state index in [-0.39, 0.29) is 24.9 Å². The number of ether oxygens (including phenoxy) is 2. The van der Waals surface area contributed by atoms with Gasteiger partial charge >= 0.3 is 11.9 Å². The first-order valence-corrected chi connectivity index (χ1v) is 8.98. The molecule has 0 saturated heterocycles. The van der Waals surface area contributed by atoms with Crippen LogP contribution in [0.1, 0.15) is 55.9 Å². The van der Waals surface area contributed by atoms with E-state index in [1.165, 1.54) is 11.5 Å². The summed E-state index contributed by atoms with van der Waals surface area (Å²) in [5, 5.41) is 0.326. The highest BCUT2D eigenvalue weighted by atomic mass is 16.5. The molecule has 1 aliphatic rings. The van der Waals surface area contributed by atoms with E-state index in [0.29, 0.717) is 29.3 Å². The second-order valence-electron chi connectivity index (χ2n) is 7.80. The van der Waals surface area contributed by atoms with Gasteiger partial charge in [-0.15, -0.1) is 0 Å². The highest BCUT2D eigenvalue weighted by Gasteiger charge is 2.25. The Hall–Kier alpha value is -3.03. The minimum absolute atomic E-state index is 0.0171. The number of Topliss-reactive ketones (excluding diaryl/α,β-unsaturated/α-hetero) is 1. The van der Waals surface area contributed by atoms with Gasteiger partial charge in [0.05, 0.1) is 16.3 Å². The van der Waals surface area contributed by atoms with Crippen molar-refractivity contribution in [2.75, 3.05) is 0 Å². The van der Waals surface area contributed by atoms with Crippen LogP contribution >= 0.6 is 0 Å². The van der Waals surface area contributed by atoms with Gasteiger partial charge in [0.1, 0.15) is 6.61 Å². The van der Waals surface area contributed by atoms with Crippen molar-refractivity contribution in [2.24, 2.45) is 5.41 Å². The molecule has 1 aliphatic carbocycles. The second-order valence-corrected chi connectivity index (χ2v) is 7.80. The van der Waals surface area contributed by atoms with Gasteiger partial charge < -0.3 is 9.47 Å². The number of hydrogen-bond acceptors (Lipinski definition) is 7. The molecule has 148 valence electrons. The molecule has 0 unspecified atom stereocenters. The number of nitrogens with zero attached hydrogens (tertiary/aromatic N) is 2. The van der Waals surface area contributed by atoms with Crippen LogP contribution in [0.15, 0.2) is 16.9 Å². The summed E-state index contributed by atoms with van der Waals surface area (Å²) in [5.74, 6) is -0.850. The Balaban J connectivity index is 2.08. The van der Waals surface area contributed by atoms with Crippen molar-refractivity contribution >= 4 is 28.6 Å². The molecule has 1 aromatic carbocycles. The number of aromatic nitrogens is 2.